The van der Waals surface area contributed by atoms with Crippen LogP contribution in [0, 0.1) is 5.92 Å². The van der Waals surface area contributed by atoms with Crippen LogP contribution in [-0.2, 0) is 18.3 Å². The highest BCUT2D eigenvalue weighted by molar-refractivity contribution is 5.94. The fourth-order valence-corrected chi connectivity index (χ4v) is 7.64. The quantitative estimate of drug-likeness (QED) is 0.466. The Kier molecular flexibility index (Phi) is 5.34. The average Bonchev–Trinajstić information content (AvgIpc) is 2.84. The predicted molar refractivity (Wildman–Crippen MR) is 133 cm³/mol. The van der Waals surface area contributed by atoms with Crippen LogP contribution in [0.5, 0.6) is 5.75 Å². The summed E-state index contributed by atoms with van der Waals surface area (Å²) in [5, 5.41) is 29.2. The van der Waals surface area contributed by atoms with Crippen LogP contribution in [0.2, 0.25) is 0 Å². The van der Waals surface area contributed by atoms with Gasteiger partial charge in [-0.05, 0) is 72.5 Å². The largest absolute Gasteiger partial charge is 0.508 e. The Labute approximate surface area is 205 Å². The maximum Gasteiger partial charge on any atom is 0.261 e. The molecule has 2 fully saturated rings. The van der Waals surface area contributed by atoms with Gasteiger partial charge in [-0.15, -0.1) is 0 Å². The Balaban J connectivity index is 1.37. The third-order valence-corrected chi connectivity index (χ3v) is 9.48. The Morgan fingerprint density at radius 3 is 2.77 bits per heavy atom. The van der Waals surface area contributed by atoms with E-state index in [-0.39, 0.29) is 34.7 Å². The molecule has 7 heteroatoms. The number of amides is 1. The number of phenolic OH excluding ortho intramolecular Hbond substituents is 1. The van der Waals surface area contributed by atoms with Crippen LogP contribution >= 0.6 is 0 Å². The number of carbonyl (C=O) groups is 1. The van der Waals surface area contributed by atoms with Crippen molar-refractivity contribution >= 4 is 5.91 Å². The normalized spacial score (nSPS) is 31.7. The third kappa shape index (κ3) is 3.39. The van der Waals surface area contributed by atoms with Crippen molar-refractivity contribution in [1.82, 2.24) is 15.6 Å². The number of phenols is 1. The van der Waals surface area contributed by atoms with E-state index < -0.39 is 11.0 Å². The minimum atomic E-state index is -1.09. The molecular weight excluding hydrogens is 442 g/mol. The second kappa shape index (κ2) is 8.20. The third-order valence-electron chi connectivity index (χ3n) is 9.48. The smallest absolute Gasteiger partial charge is 0.261 e. The maximum absolute atomic E-state index is 13.0. The van der Waals surface area contributed by atoms with Crippen molar-refractivity contribution in [1.29, 1.82) is 0 Å². The van der Waals surface area contributed by atoms with E-state index in [1.54, 1.807) is 18.2 Å². The lowest BCUT2D eigenvalue weighted by atomic mass is 9.48. The number of piperidine rings is 1. The zero-order valence-corrected chi connectivity index (χ0v) is 20.3. The SMILES string of the molecule is CC1c2ccc(O)cc2[C@]23CCN[C@H]1[C@]2(O)Cc1cc(C(=O)NCC2CCCCC2)c(=O)[nH]c1C3. The number of fused-ring (bicyclic) bond motifs is 2. The summed E-state index contributed by atoms with van der Waals surface area (Å²) in [5.41, 5.74) is 1.77. The first kappa shape index (κ1) is 22.8. The van der Waals surface area contributed by atoms with Crippen molar-refractivity contribution in [2.24, 2.45) is 5.92 Å². The molecule has 1 aliphatic heterocycles. The summed E-state index contributed by atoms with van der Waals surface area (Å²) in [4.78, 5) is 29.0. The van der Waals surface area contributed by atoms with Gasteiger partial charge in [0.25, 0.3) is 11.5 Å². The van der Waals surface area contributed by atoms with Gasteiger partial charge in [0.1, 0.15) is 11.3 Å². The van der Waals surface area contributed by atoms with Crippen LogP contribution in [-0.4, -0.2) is 45.8 Å². The molecule has 2 heterocycles. The molecule has 186 valence electrons. The van der Waals surface area contributed by atoms with E-state index in [9.17, 15) is 19.8 Å². The molecule has 2 bridgehead atoms. The molecule has 6 rings (SSSR count). The van der Waals surface area contributed by atoms with Crippen molar-refractivity contribution in [2.75, 3.05) is 13.1 Å². The topological polar surface area (TPSA) is 114 Å². The summed E-state index contributed by atoms with van der Waals surface area (Å²) in [6.45, 7) is 3.48. The maximum atomic E-state index is 13.0. The van der Waals surface area contributed by atoms with Crippen LogP contribution in [0.4, 0.5) is 0 Å². The fraction of sp³-hybridized carbons (Fsp3) is 0.571. The van der Waals surface area contributed by atoms with E-state index in [1.807, 2.05) is 6.07 Å². The van der Waals surface area contributed by atoms with Crippen molar-refractivity contribution in [3.05, 3.63) is 62.6 Å². The summed E-state index contributed by atoms with van der Waals surface area (Å²) in [6, 6.07) is 7.02. The molecule has 5 N–H and O–H groups in total. The second-order valence-corrected chi connectivity index (χ2v) is 11.3. The highest BCUT2D eigenvalue weighted by Gasteiger charge is 2.64. The lowest BCUT2D eigenvalue weighted by Gasteiger charge is -2.62. The van der Waals surface area contributed by atoms with Gasteiger partial charge in [0.15, 0.2) is 0 Å². The zero-order chi connectivity index (χ0) is 24.4. The monoisotopic (exact) mass is 477 g/mol. The van der Waals surface area contributed by atoms with Gasteiger partial charge in [-0.25, -0.2) is 0 Å². The molecule has 1 unspecified atom stereocenters. The number of aromatic hydroxyl groups is 1. The van der Waals surface area contributed by atoms with Crippen LogP contribution in [0.3, 0.4) is 0 Å². The van der Waals surface area contributed by atoms with Gasteiger partial charge >= 0.3 is 0 Å². The summed E-state index contributed by atoms with van der Waals surface area (Å²) in [6.07, 6.45) is 7.44. The lowest BCUT2D eigenvalue weighted by Crippen LogP contribution is -2.74. The summed E-state index contributed by atoms with van der Waals surface area (Å²) >= 11 is 0. The first-order valence-electron chi connectivity index (χ1n) is 13.1. The molecule has 3 aliphatic carbocycles. The highest BCUT2D eigenvalue weighted by Crippen LogP contribution is 2.58. The van der Waals surface area contributed by atoms with Gasteiger partial charge in [-0.3, -0.25) is 9.59 Å². The highest BCUT2D eigenvalue weighted by atomic mass is 16.3. The standard InChI is InChI=1S/C28H35N3O4/c1-16-20-8-7-19(32)12-22(20)27-9-10-29-24(16)28(27,35)13-18-11-21(26(34)31-23(18)14-27)25(33)30-15-17-5-3-2-4-6-17/h7-8,11-12,16-17,24,29,32,35H,2-6,9-10,13-15H2,1H3,(H,30,33)(H,31,34)/t16?,24-,27-,28-/m1/s1. The van der Waals surface area contributed by atoms with Crippen LogP contribution in [0.1, 0.15) is 84.1 Å². The van der Waals surface area contributed by atoms with E-state index in [2.05, 4.69) is 22.5 Å². The Bertz CT molecular complexity index is 1230. The molecular formula is C28H35N3O4. The number of aliphatic hydroxyl groups is 1. The van der Waals surface area contributed by atoms with Crippen molar-refractivity contribution in [3.8, 4) is 5.75 Å². The van der Waals surface area contributed by atoms with Gasteiger partial charge in [0.05, 0.1) is 5.60 Å². The molecule has 4 aliphatic rings. The number of hydrogen-bond donors (Lipinski definition) is 5. The number of benzene rings is 1. The number of H-pyrrole nitrogens is 1. The molecule has 1 saturated heterocycles. The van der Waals surface area contributed by atoms with Crippen molar-refractivity contribution in [2.45, 2.75) is 81.3 Å². The first-order chi connectivity index (χ1) is 16.8. The fourth-order valence-electron chi connectivity index (χ4n) is 7.64. The Hall–Kier alpha value is -2.64. The lowest BCUT2D eigenvalue weighted by molar-refractivity contribution is -0.113. The minimum absolute atomic E-state index is 0.0617. The Morgan fingerprint density at radius 2 is 1.97 bits per heavy atom. The molecule has 1 amide bonds. The van der Waals surface area contributed by atoms with Gasteiger partial charge in [-0.2, -0.15) is 0 Å². The number of rotatable bonds is 3. The number of aromatic nitrogens is 1. The molecule has 4 atom stereocenters. The first-order valence-corrected chi connectivity index (χ1v) is 13.1. The molecule has 2 aromatic rings. The second-order valence-electron chi connectivity index (χ2n) is 11.3. The van der Waals surface area contributed by atoms with E-state index in [0.29, 0.717) is 31.7 Å². The molecule has 1 aromatic heterocycles. The molecule has 0 radical (unpaired) electrons. The Morgan fingerprint density at radius 1 is 1.17 bits per heavy atom. The van der Waals surface area contributed by atoms with Crippen LogP contribution < -0.4 is 16.2 Å². The average molecular weight is 478 g/mol. The summed E-state index contributed by atoms with van der Waals surface area (Å²) in [5.74, 6) is 0.397. The van der Waals surface area contributed by atoms with Gasteiger partial charge in [0, 0.05) is 36.5 Å². The molecule has 7 nitrogen and oxygen atoms in total. The van der Waals surface area contributed by atoms with Gasteiger partial charge in [0.2, 0.25) is 0 Å². The zero-order valence-electron chi connectivity index (χ0n) is 20.3. The summed E-state index contributed by atoms with van der Waals surface area (Å²) in [7, 11) is 0. The van der Waals surface area contributed by atoms with Crippen LogP contribution in [0.15, 0.2) is 29.1 Å². The predicted octanol–water partition coefficient (Wildman–Crippen LogP) is 2.64. The van der Waals surface area contributed by atoms with Gasteiger partial charge < -0.3 is 25.8 Å². The van der Waals surface area contributed by atoms with Crippen LogP contribution in [0.25, 0.3) is 0 Å². The number of carbonyl (C=O) groups excluding carboxylic acids is 1. The van der Waals surface area contributed by atoms with Crippen molar-refractivity contribution < 1.29 is 15.0 Å². The van der Waals surface area contributed by atoms with E-state index in [4.69, 9.17) is 0 Å². The number of hydrogen-bond acceptors (Lipinski definition) is 5. The van der Waals surface area contributed by atoms with E-state index in [0.717, 1.165) is 41.8 Å². The summed E-state index contributed by atoms with van der Waals surface area (Å²) < 4.78 is 0. The minimum Gasteiger partial charge on any atom is -0.508 e. The van der Waals surface area contributed by atoms with Crippen molar-refractivity contribution in [3.63, 3.8) is 0 Å². The van der Waals surface area contributed by atoms with E-state index in [1.165, 1.54) is 19.3 Å². The molecule has 1 aromatic carbocycles. The number of aromatic amines is 1. The van der Waals surface area contributed by atoms with E-state index >= 15 is 0 Å². The molecule has 35 heavy (non-hydrogen) atoms. The number of pyridine rings is 1. The molecule has 0 spiro atoms. The molecule has 1 saturated carbocycles. The number of nitrogens with one attached hydrogen (secondary N) is 3. The van der Waals surface area contributed by atoms with Gasteiger partial charge in [-0.1, -0.05) is 32.3 Å².